The van der Waals surface area contributed by atoms with Crippen molar-refractivity contribution in [2.75, 3.05) is 5.75 Å². The van der Waals surface area contributed by atoms with Crippen LogP contribution >= 0.6 is 23.4 Å². The molecule has 0 atom stereocenters. The molecule has 27 heavy (non-hydrogen) atoms. The molecule has 2 heterocycles. The highest BCUT2D eigenvalue weighted by atomic mass is 35.5. The molecule has 0 radical (unpaired) electrons. The molecule has 0 unspecified atom stereocenters. The fourth-order valence-corrected chi connectivity index (χ4v) is 3.29. The summed E-state index contributed by atoms with van der Waals surface area (Å²) in [5, 5.41) is 5.30. The largest absolute Gasteiger partial charge is 0.316 e. The zero-order valence-electron chi connectivity index (χ0n) is 14.9. The molecule has 138 valence electrons. The Morgan fingerprint density at radius 2 is 1.93 bits per heavy atom. The number of nitrogens with one attached hydrogen (secondary N) is 1. The molecule has 3 aromatic rings. The lowest BCUT2D eigenvalue weighted by atomic mass is 10.3. The summed E-state index contributed by atoms with van der Waals surface area (Å²) in [6.45, 7) is 3.80. The molecule has 0 aliphatic carbocycles. The van der Waals surface area contributed by atoms with Crippen LogP contribution in [0.15, 0.2) is 58.9 Å². The van der Waals surface area contributed by atoms with Gasteiger partial charge in [-0.3, -0.25) is 4.79 Å². The lowest BCUT2D eigenvalue weighted by molar-refractivity contribution is -0.118. The first-order valence-corrected chi connectivity index (χ1v) is 9.58. The number of amides is 1. The third-order valence-electron chi connectivity index (χ3n) is 3.57. The van der Waals surface area contributed by atoms with E-state index in [1.807, 2.05) is 67.1 Å². The van der Waals surface area contributed by atoms with Gasteiger partial charge in [0.2, 0.25) is 0 Å². The van der Waals surface area contributed by atoms with E-state index in [4.69, 9.17) is 11.6 Å². The van der Waals surface area contributed by atoms with Gasteiger partial charge < -0.3 is 4.57 Å². The van der Waals surface area contributed by atoms with Crippen LogP contribution in [0.1, 0.15) is 17.1 Å². The molecule has 1 amide bonds. The summed E-state index contributed by atoms with van der Waals surface area (Å²) in [4.78, 5) is 20.6. The number of hydrogen-bond acceptors (Lipinski definition) is 5. The Hall–Kier alpha value is -2.64. The Kier molecular flexibility index (Phi) is 6.26. The maximum Gasteiger partial charge on any atom is 0.250 e. The van der Waals surface area contributed by atoms with Crippen molar-refractivity contribution in [2.24, 2.45) is 5.10 Å². The molecule has 1 aromatic carbocycles. The number of benzene rings is 1. The van der Waals surface area contributed by atoms with E-state index in [1.54, 1.807) is 6.21 Å². The van der Waals surface area contributed by atoms with E-state index in [1.165, 1.54) is 11.8 Å². The Bertz CT molecular complexity index is 948. The minimum absolute atomic E-state index is 0.193. The van der Waals surface area contributed by atoms with Crippen LogP contribution in [0, 0.1) is 13.8 Å². The van der Waals surface area contributed by atoms with Crippen molar-refractivity contribution in [3.05, 3.63) is 70.8 Å². The number of aryl methyl sites for hydroxylation is 2. The molecule has 2 aromatic heterocycles. The van der Waals surface area contributed by atoms with Crippen LogP contribution in [0.5, 0.6) is 0 Å². The van der Waals surface area contributed by atoms with E-state index in [-0.39, 0.29) is 11.7 Å². The summed E-state index contributed by atoms with van der Waals surface area (Å²) in [5.41, 5.74) is 6.08. The Labute approximate surface area is 166 Å². The Morgan fingerprint density at radius 3 is 2.63 bits per heavy atom. The minimum atomic E-state index is -0.219. The summed E-state index contributed by atoms with van der Waals surface area (Å²) < 4.78 is 1.95. The van der Waals surface area contributed by atoms with E-state index in [2.05, 4.69) is 20.5 Å². The van der Waals surface area contributed by atoms with Gasteiger partial charge in [-0.2, -0.15) is 5.10 Å². The molecule has 0 bridgehead atoms. The summed E-state index contributed by atoms with van der Waals surface area (Å²) in [5.74, 6) is -0.0260. The summed E-state index contributed by atoms with van der Waals surface area (Å²) in [6, 6.07) is 13.2. The van der Waals surface area contributed by atoms with Crippen LogP contribution in [-0.4, -0.2) is 32.4 Å². The zero-order valence-corrected chi connectivity index (χ0v) is 16.5. The van der Waals surface area contributed by atoms with Crippen molar-refractivity contribution >= 4 is 35.5 Å². The molecule has 0 aliphatic rings. The van der Waals surface area contributed by atoms with Crippen LogP contribution < -0.4 is 5.43 Å². The first-order chi connectivity index (χ1) is 13.0. The first kappa shape index (κ1) is 19.1. The molecular formula is C19H18ClN5OS. The minimum Gasteiger partial charge on any atom is -0.316 e. The van der Waals surface area contributed by atoms with Gasteiger partial charge >= 0.3 is 0 Å². The highest BCUT2D eigenvalue weighted by molar-refractivity contribution is 7.99. The number of carbonyl (C=O) groups excluding carboxylic acids is 1. The van der Waals surface area contributed by atoms with Crippen molar-refractivity contribution in [1.29, 1.82) is 0 Å². The molecule has 1 N–H and O–H groups in total. The summed E-state index contributed by atoms with van der Waals surface area (Å²) in [6.07, 6.45) is 3.52. The van der Waals surface area contributed by atoms with Gasteiger partial charge in [-0.25, -0.2) is 15.4 Å². The standard InChI is InChI=1S/C19H18ClN5OS/c1-13-10-14(2)23-19(22-13)27-12-18(26)24-21-11-17-4-3-9-25(17)16-7-5-15(20)6-8-16/h3-11H,12H2,1-2H3,(H,24,26)/b21-11-. The van der Waals surface area contributed by atoms with Crippen molar-refractivity contribution in [2.45, 2.75) is 19.0 Å². The van der Waals surface area contributed by atoms with Gasteiger partial charge in [0.15, 0.2) is 5.16 Å². The average molecular weight is 400 g/mol. The predicted octanol–water partition coefficient (Wildman–Crippen LogP) is 3.78. The first-order valence-electron chi connectivity index (χ1n) is 8.21. The van der Waals surface area contributed by atoms with Crippen LogP contribution in [0.2, 0.25) is 5.02 Å². The van der Waals surface area contributed by atoms with Gasteiger partial charge in [0.25, 0.3) is 5.91 Å². The molecule has 0 aliphatic heterocycles. The summed E-state index contributed by atoms with van der Waals surface area (Å²) in [7, 11) is 0. The number of thioether (sulfide) groups is 1. The number of hydrogen-bond donors (Lipinski definition) is 1. The number of halogens is 1. The lowest BCUT2D eigenvalue weighted by Crippen LogP contribution is -2.20. The van der Waals surface area contributed by atoms with Crippen LogP contribution in [0.4, 0.5) is 0 Å². The van der Waals surface area contributed by atoms with Gasteiger partial charge in [0.05, 0.1) is 17.7 Å². The monoisotopic (exact) mass is 399 g/mol. The predicted molar refractivity (Wildman–Crippen MR) is 109 cm³/mol. The van der Waals surface area contributed by atoms with Crippen LogP contribution in [0.25, 0.3) is 5.69 Å². The highest BCUT2D eigenvalue weighted by Gasteiger charge is 2.06. The SMILES string of the molecule is Cc1cc(C)nc(SCC(=O)N/N=C\c2cccn2-c2ccc(Cl)cc2)n1. The highest BCUT2D eigenvalue weighted by Crippen LogP contribution is 2.16. The molecule has 6 nitrogen and oxygen atoms in total. The maximum absolute atomic E-state index is 12.0. The number of carbonyl (C=O) groups is 1. The second kappa shape index (κ2) is 8.83. The quantitative estimate of drug-likeness (QED) is 0.296. The topological polar surface area (TPSA) is 72.2 Å². The van der Waals surface area contributed by atoms with Crippen LogP contribution in [0.3, 0.4) is 0 Å². The molecule has 0 spiro atoms. The fourth-order valence-electron chi connectivity index (χ4n) is 2.43. The number of hydrazone groups is 1. The average Bonchev–Trinajstić information content (AvgIpc) is 3.08. The van der Waals surface area contributed by atoms with E-state index in [0.29, 0.717) is 10.2 Å². The third kappa shape index (κ3) is 5.42. The van der Waals surface area contributed by atoms with Gasteiger partial charge in [0, 0.05) is 28.3 Å². The normalized spacial score (nSPS) is 11.1. The molecule has 8 heteroatoms. The second-order valence-electron chi connectivity index (χ2n) is 5.79. The molecular weight excluding hydrogens is 382 g/mol. The van der Waals surface area contributed by atoms with Crippen molar-refractivity contribution in [3.63, 3.8) is 0 Å². The molecule has 0 saturated carbocycles. The second-order valence-corrected chi connectivity index (χ2v) is 7.17. The van der Waals surface area contributed by atoms with Crippen LogP contribution in [-0.2, 0) is 4.79 Å². The zero-order chi connectivity index (χ0) is 19.2. The lowest BCUT2D eigenvalue weighted by Gasteiger charge is -2.06. The van der Waals surface area contributed by atoms with E-state index in [9.17, 15) is 4.79 Å². The van der Waals surface area contributed by atoms with Gasteiger partial charge in [-0.15, -0.1) is 0 Å². The Morgan fingerprint density at radius 1 is 1.22 bits per heavy atom. The fraction of sp³-hybridized carbons (Fsp3) is 0.158. The smallest absolute Gasteiger partial charge is 0.250 e. The van der Waals surface area contributed by atoms with Gasteiger partial charge in [0.1, 0.15) is 0 Å². The third-order valence-corrected chi connectivity index (χ3v) is 4.66. The number of rotatable bonds is 6. The van der Waals surface area contributed by atoms with E-state index < -0.39 is 0 Å². The van der Waals surface area contributed by atoms with Gasteiger partial charge in [-0.05, 0) is 56.3 Å². The van der Waals surface area contributed by atoms with Crippen molar-refractivity contribution < 1.29 is 4.79 Å². The number of nitrogens with zero attached hydrogens (tertiary/aromatic N) is 4. The van der Waals surface area contributed by atoms with Crippen molar-refractivity contribution in [1.82, 2.24) is 20.0 Å². The Balaban J connectivity index is 1.57. The van der Waals surface area contributed by atoms with Gasteiger partial charge in [-0.1, -0.05) is 23.4 Å². The molecule has 0 saturated heterocycles. The maximum atomic E-state index is 12.0. The molecule has 3 rings (SSSR count). The van der Waals surface area contributed by atoms with E-state index >= 15 is 0 Å². The van der Waals surface area contributed by atoms with Crippen molar-refractivity contribution in [3.8, 4) is 5.69 Å². The number of aromatic nitrogens is 3. The van der Waals surface area contributed by atoms with E-state index in [0.717, 1.165) is 22.8 Å². The molecule has 0 fully saturated rings. The summed E-state index contributed by atoms with van der Waals surface area (Å²) >= 11 is 7.21.